The first-order chi connectivity index (χ1) is 11.3. The molecule has 1 N–H and O–H groups in total. The molecule has 0 saturated carbocycles. The monoisotopic (exact) mass is 347 g/mol. The summed E-state index contributed by atoms with van der Waals surface area (Å²) in [5.74, 6) is 0.927. The number of nitrogens with one attached hydrogen (secondary N) is 1. The van der Waals surface area contributed by atoms with E-state index in [1.807, 2.05) is 54.6 Å². The zero-order valence-electron chi connectivity index (χ0n) is 13.9. The molecule has 2 aromatic rings. The van der Waals surface area contributed by atoms with Crippen molar-refractivity contribution in [3.8, 4) is 11.5 Å². The maximum absolute atomic E-state index is 12.0. The van der Waals surface area contributed by atoms with Crippen molar-refractivity contribution in [1.29, 1.82) is 0 Å². The molecule has 0 aliphatic heterocycles. The van der Waals surface area contributed by atoms with Crippen LogP contribution in [0.2, 0.25) is 0 Å². The van der Waals surface area contributed by atoms with Crippen molar-refractivity contribution >= 4 is 15.7 Å². The molecule has 0 bridgehead atoms. The Morgan fingerprint density at radius 1 is 0.958 bits per heavy atom. The fourth-order valence-electron chi connectivity index (χ4n) is 2.06. The van der Waals surface area contributed by atoms with Crippen LogP contribution >= 0.6 is 0 Å². The number of rotatable bonds is 6. The lowest BCUT2D eigenvalue weighted by molar-refractivity contribution is -0.121. The van der Waals surface area contributed by atoms with Gasteiger partial charge in [0.2, 0.25) is 5.91 Å². The lowest BCUT2D eigenvalue weighted by Gasteiger charge is -2.17. The van der Waals surface area contributed by atoms with Crippen molar-refractivity contribution in [3.63, 3.8) is 0 Å². The maximum Gasteiger partial charge on any atom is 0.238 e. The van der Waals surface area contributed by atoms with Gasteiger partial charge in [-0.25, -0.2) is 8.42 Å². The van der Waals surface area contributed by atoms with Crippen LogP contribution in [0.4, 0.5) is 0 Å². The van der Waals surface area contributed by atoms with E-state index in [1.165, 1.54) is 6.92 Å². The van der Waals surface area contributed by atoms with Crippen LogP contribution in [0.5, 0.6) is 11.5 Å². The number of hydrogen-bond acceptors (Lipinski definition) is 4. The van der Waals surface area contributed by atoms with Gasteiger partial charge in [0.25, 0.3) is 0 Å². The predicted octanol–water partition coefficient (Wildman–Crippen LogP) is 3.09. The smallest absolute Gasteiger partial charge is 0.238 e. The highest BCUT2D eigenvalue weighted by Crippen LogP contribution is 2.23. The van der Waals surface area contributed by atoms with Gasteiger partial charge in [-0.3, -0.25) is 4.79 Å². The van der Waals surface area contributed by atoms with Crippen LogP contribution in [0.3, 0.4) is 0 Å². The van der Waals surface area contributed by atoms with Gasteiger partial charge in [-0.15, -0.1) is 0 Å². The Morgan fingerprint density at radius 2 is 1.50 bits per heavy atom. The van der Waals surface area contributed by atoms with Gasteiger partial charge in [-0.1, -0.05) is 30.3 Å². The Balaban J connectivity index is 2.01. The lowest BCUT2D eigenvalue weighted by atomic mass is 10.1. The minimum absolute atomic E-state index is 0.299. The third-order valence-electron chi connectivity index (χ3n) is 3.73. The summed E-state index contributed by atoms with van der Waals surface area (Å²) in [6, 6.07) is 16.4. The number of benzene rings is 2. The van der Waals surface area contributed by atoms with Crippen LogP contribution < -0.4 is 10.1 Å². The summed E-state index contributed by atoms with van der Waals surface area (Å²) in [6.45, 7) is 3.19. The molecule has 2 rings (SSSR count). The quantitative estimate of drug-likeness (QED) is 0.871. The first-order valence-corrected chi connectivity index (χ1v) is 9.55. The van der Waals surface area contributed by atoms with Gasteiger partial charge in [0.05, 0.1) is 6.04 Å². The van der Waals surface area contributed by atoms with E-state index in [0.717, 1.165) is 17.6 Å². The van der Waals surface area contributed by atoms with E-state index >= 15 is 0 Å². The van der Waals surface area contributed by atoms with Gasteiger partial charge < -0.3 is 10.1 Å². The van der Waals surface area contributed by atoms with Crippen LogP contribution in [0, 0.1) is 0 Å². The molecule has 0 aromatic heterocycles. The summed E-state index contributed by atoms with van der Waals surface area (Å²) in [5, 5.41) is 1.64. The van der Waals surface area contributed by atoms with Gasteiger partial charge in [-0.05, 0) is 43.7 Å². The molecule has 0 heterocycles. The summed E-state index contributed by atoms with van der Waals surface area (Å²) in [4.78, 5) is 12.0. The van der Waals surface area contributed by atoms with Gasteiger partial charge in [0.1, 0.15) is 16.7 Å². The second-order valence-corrected chi connectivity index (χ2v) is 8.05. The summed E-state index contributed by atoms with van der Waals surface area (Å²) in [7, 11) is -3.40. The van der Waals surface area contributed by atoms with Crippen molar-refractivity contribution in [2.45, 2.75) is 25.1 Å². The van der Waals surface area contributed by atoms with Crippen LogP contribution in [0.15, 0.2) is 54.6 Å². The van der Waals surface area contributed by atoms with Gasteiger partial charge in [-0.2, -0.15) is 0 Å². The van der Waals surface area contributed by atoms with E-state index in [1.54, 1.807) is 6.92 Å². The molecule has 6 heteroatoms. The van der Waals surface area contributed by atoms with E-state index in [0.29, 0.717) is 5.75 Å². The predicted molar refractivity (Wildman–Crippen MR) is 93.8 cm³/mol. The van der Waals surface area contributed by atoms with Crippen molar-refractivity contribution in [2.75, 3.05) is 6.26 Å². The second-order valence-electron chi connectivity index (χ2n) is 5.69. The average molecular weight is 347 g/mol. The van der Waals surface area contributed by atoms with Crippen LogP contribution in [-0.2, 0) is 14.6 Å². The molecule has 0 radical (unpaired) electrons. The van der Waals surface area contributed by atoms with Gasteiger partial charge in [0, 0.05) is 6.26 Å². The molecule has 0 saturated heterocycles. The Kier molecular flexibility index (Phi) is 5.62. The zero-order valence-corrected chi connectivity index (χ0v) is 14.7. The van der Waals surface area contributed by atoms with E-state index < -0.39 is 21.0 Å². The molecule has 0 spiro atoms. The number of ether oxygens (including phenoxy) is 1. The third-order valence-corrected chi connectivity index (χ3v) is 5.23. The van der Waals surface area contributed by atoms with Crippen molar-refractivity contribution in [3.05, 3.63) is 60.2 Å². The topological polar surface area (TPSA) is 72.5 Å². The molecule has 1 amide bonds. The highest BCUT2D eigenvalue weighted by molar-refractivity contribution is 7.92. The highest BCUT2D eigenvalue weighted by Gasteiger charge is 2.24. The fraction of sp³-hybridized carbons (Fsp3) is 0.278. The summed E-state index contributed by atoms with van der Waals surface area (Å²) < 4.78 is 28.6. The minimum Gasteiger partial charge on any atom is -0.457 e. The second kappa shape index (κ2) is 7.49. The zero-order chi connectivity index (χ0) is 17.7. The standard InChI is InChI=1S/C18H21NO4S/c1-13(19-18(20)14(2)24(3,21)22)15-9-11-17(12-10-15)23-16-7-5-4-6-8-16/h4-14H,1-3H3,(H,19,20)/t13-,14+/m1/s1. The molecule has 24 heavy (non-hydrogen) atoms. The van der Waals surface area contributed by atoms with Crippen molar-refractivity contribution < 1.29 is 17.9 Å². The number of para-hydroxylation sites is 1. The Bertz CT molecular complexity index is 786. The average Bonchev–Trinajstić information content (AvgIpc) is 2.54. The summed E-state index contributed by atoms with van der Waals surface area (Å²) >= 11 is 0. The molecule has 0 aliphatic carbocycles. The molecular formula is C18H21NO4S. The molecule has 128 valence electrons. The summed E-state index contributed by atoms with van der Waals surface area (Å²) in [5.41, 5.74) is 0.865. The first-order valence-electron chi connectivity index (χ1n) is 7.59. The Hall–Kier alpha value is -2.34. The third kappa shape index (κ3) is 4.83. The van der Waals surface area contributed by atoms with E-state index in [-0.39, 0.29) is 6.04 Å². The number of carbonyl (C=O) groups is 1. The number of hydrogen-bond donors (Lipinski definition) is 1. The number of carbonyl (C=O) groups excluding carboxylic acids is 1. The van der Waals surface area contributed by atoms with E-state index in [9.17, 15) is 13.2 Å². The Labute approximate surface area is 142 Å². The molecule has 2 atom stereocenters. The molecule has 0 fully saturated rings. The number of amides is 1. The van der Waals surface area contributed by atoms with E-state index in [4.69, 9.17) is 4.74 Å². The molecule has 0 unspecified atom stereocenters. The van der Waals surface area contributed by atoms with Crippen LogP contribution in [0.1, 0.15) is 25.5 Å². The molecule has 0 aliphatic rings. The van der Waals surface area contributed by atoms with Crippen molar-refractivity contribution in [2.24, 2.45) is 0 Å². The molecule has 2 aromatic carbocycles. The van der Waals surface area contributed by atoms with Gasteiger partial charge in [0.15, 0.2) is 9.84 Å². The maximum atomic E-state index is 12.0. The largest absolute Gasteiger partial charge is 0.457 e. The first kappa shape index (κ1) is 18.0. The number of sulfone groups is 1. The lowest BCUT2D eigenvalue weighted by Crippen LogP contribution is -2.38. The Morgan fingerprint density at radius 3 is 2.04 bits per heavy atom. The normalized spacial score (nSPS) is 13.8. The highest BCUT2D eigenvalue weighted by atomic mass is 32.2. The van der Waals surface area contributed by atoms with Crippen LogP contribution in [0.25, 0.3) is 0 Å². The summed E-state index contributed by atoms with van der Waals surface area (Å²) in [6.07, 6.45) is 1.05. The fourth-order valence-corrected chi connectivity index (χ4v) is 2.51. The van der Waals surface area contributed by atoms with E-state index in [2.05, 4.69) is 5.32 Å². The molecular weight excluding hydrogens is 326 g/mol. The minimum atomic E-state index is -3.40. The van der Waals surface area contributed by atoms with Crippen molar-refractivity contribution in [1.82, 2.24) is 5.32 Å². The SMILES string of the molecule is C[C@@H](NC(=O)[C@H](C)S(C)(=O)=O)c1ccc(Oc2ccccc2)cc1. The molecule has 5 nitrogen and oxygen atoms in total. The van der Waals surface area contributed by atoms with Gasteiger partial charge >= 0.3 is 0 Å². The van der Waals surface area contributed by atoms with Crippen LogP contribution in [-0.4, -0.2) is 25.8 Å².